The predicted octanol–water partition coefficient (Wildman–Crippen LogP) is 7.13. The molecule has 1 N–H and O–H groups in total. The lowest BCUT2D eigenvalue weighted by atomic mass is 9.70. The number of methoxy groups -OCH3 is 1. The second-order valence-corrected chi connectivity index (χ2v) is 12.1. The normalized spacial score (nSPS) is 20.5. The maximum Gasteiger partial charge on any atom is 0.306 e. The van der Waals surface area contributed by atoms with Gasteiger partial charge in [-0.05, 0) is 91.8 Å². The number of carboxylic acids is 1. The molecule has 3 aromatic rings. The van der Waals surface area contributed by atoms with Gasteiger partial charge in [0, 0.05) is 23.7 Å². The molecule has 2 atom stereocenters. The van der Waals surface area contributed by atoms with Crippen LogP contribution in [0.25, 0.3) is 11.1 Å². The number of pyridine rings is 1. The van der Waals surface area contributed by atoms with E-state index < -0.39 is 11.9 Å². The second kappa shape index (κ2) is 11.4. The van der Waals surface area contributed by atoms with Crippen molar-refractivity contribution in [2.45, 2.75) is 82.9 Å². The molecule has 3 aliphatic rings. The molecule has 1 saturated carbocycles. The van der Waals surface area contributed by atoms with Gasteiger partial charge in [-0.2, -0.15) is 0 Å². The molecule has 1 aliphatic carbocycles. The molecule has 1 aromatic heterocycles. The zero-order valence-electron chi connectivity index (χ0n) is 24.0. The summed E-state index contributed by atoms with van der Waals surface area (Å²) >= 11 is 0. The van der Waals surface area contributed by atoms with E-state index in [4.69, 9.17) is 9.47 Å². The molecule has 2 fully saturated rings. The second-order valence-electron chi connectivity index (χ2n) is 12.1. The molecular weight excluding hydrogens is 519 g/mol. The van der Waals surface area contributed by atoms with E-state index in [1.165, 1.54) is 44.7 Å². The van der Waals surface area contributed by atoms with E-state index in [0.717, 1.165) is 59.5 Å². The van der Waals surface area contributed by atoms with Gasteiger partial charge < -0.3 is 14.6 Å². The molecule has 41 heavy (non-hydrogen) atoms. The Bertz CT molecular complexity index is 1440. The first kappa shape index (κ1) is 27.7. The minimum Gasteiger partial charge on any atom is -0.485 e. The van der Waals surface area contributed by atoms with Crippen molar-refractivity contribution in [2.24, 2.45) is 5.92 Å². The number of nitrogens with zero attached hydrogens (tertiary/aromatic N) is 2. The topological polar surface area (TPSA) is 71.9 Å². The fourth-order valence-electron chi connectivity index (χ4n) is 6.92. The van der Waals surface area contributed by atoms with Crippen LogP contribution in [0.4, 0.5) is 4.39 Å². The SMILES string of the molecule is COc1cc(-c2ccc([C@@H]3CCc4ccc(CC(C)C(=O)O)cc4O3)cc2CN2CCCCC23CCC3)c(F)cn1. The summed E-state index contributed by atoms with van der Waals surface area (Å²) in [5.41, 5.74) is 5.95. The molecule has 1 spiro atoms. The minimum atomic E-state index is -0.797. The van der Waals surface area contributed by atoms with Crippen molar-refractivity contribution >= 4 is 5.97 Å². The molecule has 0 bridgehead atoms. The van der Waals surface area contributed by atoms with E-state index in [-0.39, 0.29) is 17.5 Å². The molecular formula is C34H39FN2O4. The molecule has 0 amide bonds. The van der Waals surface area contributed by atoms with Gasteiger partial charge in [0.15, 0.2) is 0 Å². The maximum absolute atomic E-state index is 15.2. The molecule has 6 rings (SSSR count). The molecule has 0 radical (unpaired) electrons. The Hall–Kier alpha value is -3.45. The first-order valence-electron chi connectivity index (χ1n) is 14.9. The number of benzene rings is 2. The summed E-state index contributed by atoms with van der Waals surface area (Å²) < 4.78 is 27.1. The third-order valence-corrected chi connectivity index (χ3v) is 9.51. The summed E-state index contributed by atoms with van der Waals surface area (Å²) in [5.74, 6) is -0.387. The van der Waals surface area contributed by atoms with Gasteiger partial charge in [-0.1, -0.05) is 43.7 Å². The quantitative estimate of drug-likeness (QED) is 0.317. The van der Waals surface area contributed by atoms with Crippen molar-refractivity contribution in [2.75, 3.05) is 13.7 Å². The number of piperidine rings is 1. The average Bonchev–Trinajstić information content (AvgIpc) is 2.96. The number of ether oxygens (including phenoxy) is 2. The van der Waals surface area contributed by atoms with Crippen molar-refractivity contribution in [3.05, 3.63) is 76.7 Å². The number of likely N-dealkylation sites (tertiary alicyclic amines) is 1. The first-order valence-corrected chi connectivity index (χ1v) is 14.9. The summed E-state index contributed by atoms with van der Waals surface area (Å²) in [4.78, 5) is 18.1. The van der Waals surface area contributed by atoms with Crippen molar-refractivity contribution < 1.29 is 23.8 Å². The zero-order chi connectivity index (χ0) is 28.6. The number of halogens is 1. The molecule has 6 nitrogen and oxygen atoms in total. The van der Waals surface area contributed by atoms with Crippen LogP contribution in [0.5, 0.6) is 11.6 Å². The van der Waals surface area contributed by atoms with Crippen molar-refractivity contribution in [1.82, 2.24) is 9.88 Å². The summed E-state index contributed by atoms with van der Waals surface area (Å²) in [7, 11) is 1.55. The number of hydrogen-bond donors (Lipinski definition) is 1. The van der Waals surface area contributed by atoms with Crippen LogP contribution in [0.15, 0.2) is 48.7 Å². The number of aryl methyl sites for hydroxylation is 1. The highest BCUT2D eigenvalue weighted by Gasteiger charge is 2.43. The summed E-state index contributed by atoms with van der Waals surface area (Å²) in [6.45, 7) is 3.57. The fourth-order valence-corrected chi connectivity index (χ4v) is 6.92. The number of aliphatic carboxylic acids is 1. The van der Waals surface area contributed by atoms with Gasteiger partial charge >= 0.3 is 5.97 Å². The van der Waals surface area contributed by atoms with E-state index in [0.29, 0.717) is 17.9 Å². The highest BCUT2D eigenvalue weighted by molar-refractivity contribution is 5.70. The number of aromatic nitrogens is 1. The molecule has 3 heterocycles. The molecule has 2 aromatic carbocycles. The number of carboxylic acid groups (broad SMARTS) is 1. The van der Waals surface area contributed by atoms with Gasteiger partial charge in [-0.25, -0.2) is 9.37 Å². The van der Waals surface area contributed by atoms with Crippen molar-refractivity contribution in [1.29, 1.82) is 0 Å². The average molecular weight is 559 g/mol. The van der Waals surface area contributed by atoms with Crippen LogP contribution >= 0.6 is 0 Å². The number of rotatable bonds is 8. The van der Waals surface area contributed by atoms with Gasteiger partial charge in [0.05, 0.1) is 19.2 Å². The molecule has 1 unspecified atom stereocenters. The molecule has 1 saturated heterocycles. The monoisotopic (exact) mass is 558 g/mol. The van der Waals surface area contributed by atoms with E-state index in [1.54, 1.807) is 20.1 Å². The highest BCUT2D eigenvalue weighted by Crippen LogP contribution is 2.46. The summed E-state index contributed by atoms with van der Waals surface area (Å²) in [6.07, 6.45) is 10.8. The number of fused-ring (bicyclic) bond motifs is 1. The van der Waals surface area contributed by atoms with Gasteiger partial charge in [0.1, 0.15) is 17.7 Å². The summed E-state index contributed by atoms with van der Waals surface area (Å²) in [6, 6.07) is 14.1. The van der Waals surface area contributed by atoms with Crippen LogP contribution in [-0.2, 0) is 24.2 Å². The van der Waals surface area contributed by atoms with E-state index >= 15 is 4.39 Å². The summed E-state index contributed by atoms with van der Waals surface area (Å²) in [5, 5.41) is 9.35. The van der Waals surface area contributed by atoms with Crippen LogP contribution < -0.4 is 9.47 Å². The van der Waals surface area contributed by atoms with E-state index in [9.17, 15) is 9.90 Å². The van der Waals surface area contributed by atoms with Crippen LogP contribution in [0.1, 0.15) is 80.2 Å². The standard InChI is InChI=1S/C34H39FN2O4/c1-22(33(38)39)16-23-6-7-24-9-11-30(41-31(24)17-23)25-8-10-27(28-19-32(40-2)36-20-29(28)35)26(18-25)21-37-15-4-3-12-34(37)13-5-14-34/h6-8,10,17-20,22,30H,3-5,9,11-16,21H2,1-2H3,(H,38,39)/t22?,30-/m0/s1. The van der Waals surface area contributed by atoms with E-state index in [2.05, 4.69) is 28.1 Å². The lowest BCUT2D eigenvalue weighted by Crippen LogP contribution is -2.55. The Morgan fingerprint density at radius 1 is 1.15 bits per heavy atom. The van der Waals surface area contributed by atoms with Crippen LogP contribution in [0, 0.1) is 11.7 Å². The number of carbonyl (C=O) groups is 1. The zero-order valence-corrected chi connectivity index (χ0v) is 24.0. The van der Waals surface area contributed by atoms with Crippen molar-refractivity contribution in [3.8, 4) is 22.8 Å². The predicted molar refractivity (Wildman–Crippen MR) is 156 cm³/mol. The Morgan fingerprint density at radius 3 is 2.73 bits per heavy atom. The Kier molecular flexibility index (Phi) is 7.73. The fraction of sp³-hybridized carbons (Fsp3) is 0.471. The van der Waals surface area contributed by atoms with Crippen LogP contribution in [-0.4, -0.2) is 40.2 Å². The molecule has 2 aliphatic heterocycles. The number of hydrogen-bond acceptors (Lipinski definition) is 5. The Balaban J connectivity index is 1.33. The Morgan fingerprint density at radius 2 is 1.98 bits per heavy atom. The van der Waals surface area contributed by atoms with E-state index in [1.807, 2.05) is 18.2 Å². The molecule has 7 heteroatoms. The van der Waals surface area contributed by atoms with Gasteiger partial charge in [-0.15, -0.1) is 0 Å². The lowest BCUT2D eigenvalue weighted by Gasteiger charge is -2.53. The maximum atomic E-state index is 15.2. The lowest BCUT2D eigenvalue weighted by molar-refractivity contribution is -0.141. The van der Waals surface area contributed by atoms with Crippen LogP contribution in [0.2, 0.25) is 0 Å². The van der Waals surface area contributed by atoms with Gasteiger partial charge in [-0.3, -0.25) is 9.69 Å². The first-order chi connectivity index (χ1) is 19.8. The Labute approximate surface area is 241 Å². The molecule has 216 valence electrons. The van der Waals surface area contributed by atoms with Crippen molar-refractivity contribution in [3.63, 3.8) is 0 Å². The smallest absolute Gasteiger partial charge is 0.306 e. The van der Waals surface area contributed by atoms with Crippen LogP contribution in [0.3, 0.4) is 0 Å². The third kappa shape index (κ3) is 5.56. The van der Waals surface area contributed by atoms with Gasteiger partial charge in [0.2, 0.25) is 5.88 Å². The van der Waals surface area contributed by atoms with Gasteiger partial charge in [0.25, 0.3) is 0 Å². The highest BCUT2D eigenvalue weighted by atomic mass is 19.1. The minimum absolute atomic E-state index is 0.127. The largest absolute Gasteiger partial charge is 0.485 e. The third-order valence-electron chi connectivity index (χ3n) is 9.51.